The highest BCUT2D eigenvalue weighted by molar-refractivity contribution is 7.88. The number of halogens is 1. The molecule has 0 atom stereocenters. The van der Waals surface area contributed by atoms with Crippen molar-refractivity contribution in [3.63, 3.8) is 0 Å². The maximum atomic E-state index is 12.9. The molecule has 23 heavy (non-hydrogen) atoms. The number of sulfonamides is 1. The van der Waals surface area contributed by atoms with E-state index in [1.807, 2.05) is 0 Å². The minimum Gasteiger partial charge on any atom is -0.341 e. The van der Waals surface area contributed by atoms with E-state index in [2.05, 4.69) is 0 Å². The van der Waals surface area contributed by atoms with Crippen LogP contribution in [0.25, 0.3) is 0 Å². The molecule has 126 valence electrons. The molecule has 0 aromatic heterocycles. The van der Waals surface area contributed by atoms with Gasteiger partial charge in [0.1, 0.15) is 5.82 Å². The fourth-order valence-corrected chi connectivity index (χ4v) is 4.43. The fourth-order valence-electron chi connectivity index (χ4n) is 2.86. The molecule has 2 fully saturated rings. The molecule has 2 aliphatic rings. The van der Waals surface area contributed by atoms with Crippen LogP contribution in [0.5, 0.6) is 0 Å². The Kier molecular flexibility index (Phi) is 4.68. The van der Waals surface area contributed by atoms with Gasteiger partial charge in [-0.1, -0.05) is 12.1 Å². The monoisotopic (exact) mass is 340 g/mol. The lowest BCUT2D eigenvalue weighted by Gasteiger charge is -2.22. The summed E-state index contributed by atoms with van der Waals surface area (Å²) in [4.78, 5) is 13.9. The van der Waals surface area contributed by atoms with Crippen LogP contribution in [-0.2, 0) is 20.6 Å². The molecule has 1 aromatic carbocycles. The summed E-state index contributed by atoms with van der Waals surface area (Å²) in [5, 5.41) is 0. The van der Waals surface area contributed by atoms with Crippen LogP contribution in [0.3, 0.4) is 0 Å². The Balaban J connectivity index is 1.63. The van der Waals surface area contributed by atoms with Crippen molar-refractivity contribution in [3.05, 3.63) is 35.6 Å². The Bertz CT molecular complexity index is 671. The molecular formula is C16H21FN2O3S. The highest BCUT2D eigenvalue weighted by Gasteiger charge is 2.35. The van der Waals surface area contributed by atoms with Crippen LogP contribution in [0.1, 0.15) is 24.8 Å². The number of hydrogen-bond acceptors (Lipinski definition) is 3. The van der Waals surface area contributed by atoms with Crippen LogP contribution in [0.2, 0.25) is 0 Å². The van der Waals surface area contributed by atoms with Crippen molar-refractivity contribution in [2.45, 2.75) is 25.0 Å². The van der Waals surface area contributed by atoms with Gasteiger partial charge in [0.05, 0.1) is 5.75 Å². The molecule has 0 N–H and O–H groups in total. The van der Waals surface area contributed by atoms with Gasteiger partial charge in [-0.05, 0) is 37.0 Å². The Hall–Kier alpha value is -1.47. The van der Waals surface area contributed by atoms with E-state index in [0.717, 1.165) is 12.8 Å². The Morgan fingerprint density at radius 1 is 1.09 bits per heavy atom. The van der Waals surface area contributed by atoms with Gasteiger partial charge in [0, 0.05) is 32.1 Å². The first-order valence-electron chi connectivity index (χ1n) is 7.97. The Labute approximate surface area is 136 Å². The lowest BCUT2D eigenvalue weighted by molar-refractivity contribution is -0.132. The molecule has 0 spiro atoms. The number of carbonyl (C=O) groups is 1. The van der Waals surface area contributed by atoms with E-state index >= 15 is 0 Å². The van der Waals surface area contributed by atoms with E-state index in [-0.39, 0.29) is 23.4 Å². The summed E-state index contributed by atoms with van der Waals surface area (Å²) in [6, 6.07) is 5.52. The molecule has 1 aromatic rings. The maximum Gasteiger partial charge on any atom is 0.225 e. The standard InChI is InChI=1S/C16H21FN2O3S/c17-15-6-2-13(3-7-15)12-23(21,22)19-9-1-8-18(10-11-19)16(20)14-4-5-14/h2-3,6-7,14H,1,4-5,8-12H2. The van der Waals surface area contributed by atoms with Gasteiger partial charge in [-0.2, -0.15) is 4.31 Å². The molecule has 7 heteroatoms. The first-order chi connectivity index (χ1) is 11.0. The van der Waals surface area contributed by atoms with Gasteiger partial charge in [0.25, 0.3) is 0 Å². The highest BCUT2D eigenvalue weighted by Crippen LogP contribution is 2.31. The van der Waals surface area contributed by atoms with Crippen molar-refractivity contribution in [1.82, 2.24) is 9.21 Å². The van der Waals surface area contributed by atoms with Gasteiger partial charge in [0.15, 0.2) is 0 Å². The van der Waals surface area contributed by atoms with E-state index < -0.39 is 10.0 Å². The summed E-state index contributed by atoms with van der Waals surface area (Å²) in [6.45, 7) is 1.84. The molecule has 0 radical (unpaired) electrons. The van der Waals surface area contributed by atoms with Crippen LogP contribution in [0.4, 0.5) is 4.39 Å². The summed E-state index contributed by atoms with van der Waals surface area (Å²) in [5.41, 5.74) is 0.571. The molecule has 3 rings (SSSR count). The maximum absolute atomic E-state index is 12.9. The minimum atomic E-state index is -3.45. The largest absolute Gasteiger partial charge is 0.341 e. The Morgan fingerprint density at radius 3 is 2.43 bits per heavy atom. The van der Waals surface area contributed by atoms with Gasteiger partial charge in [0.2, 0.25) is 15.9 Å². The second-order valence-corrected chi connectivity index (χ2v) is 8.20. The van der Waals surface area contributed by atoms with Crippen LogP contribution in [0, 0.1) is 11.7 Å². The quantitative estimate of drug-likeness (QED) is 0.836. The van der Waals surface area contributed by atoms with Crippen LogP contribution >= 0.6 is 0 Å². The zero-order chi connectivity index (χ0) is 16.4. The molecule has 0 unspecified atom stereocenters. The number of nitrogens with zero attached hydrogens (tertiary/aromatic N) is 2. The van der Waals surface area contributed by atoms with Crippen molar-refractivity contribution in [2.24, 2.45) is 5.92 Å². The molecule has 1 saturated carbocycles. The molecule has 5 nitrogen and oxygen atoms in total. The molecular weight excluding hydrogens is 319 g/mol. The number of rotatable bonds is 4. The Morgan fingerprint density at radius 2 is 1.78 bits per heavy atom. The fraction of sp³-hybridized carbons (Fsp3) is 0.562. The SMILES string of the molecule is O=C(C1CC1)N1CCCN(S(=O)(=O)Cc2ccc(F)cc2)CC1. The van der Waals surface area contributed by atoms with Gasteiger partial charge < -0.3 is 4.90 Å². The zero-order valence-electron chi connectivity index (χ0n) is 12.9. The third kappa shape index (κ3) is 4.09. The third-order valence-corrected chi connectivity index (χ3v) is 6.20. The summed E-state index contributed by atoms with van der Waals surface area (Å²) < 4.78 is 39.5. The van der Waals surface area contributed by atoms with Gasteiger partial charge in [-0.3, -0.25) is 4.79 Å². The molecule has 0 bridgehead atoms. The molecule has 1 amide bonds. The van der Waals surface area contributed by atoms with Gasteiger partial charge in [-0.15, -0.1) is 0 Å². The first kappa shape index (κ1) is 16.4. The third-order valence-electron chi connectivity index (χ3n) is 4.35. The predicted molar refractivity (Wildman–Crippen MR) is 84.5 cm³/mol. The summed E-state index contributed by atoms with van der Waals surface area (Å²) >= 11 is 0. The number of hydrogen-bond donors (Lipinski definition) is 0. The van der Waals surface area contributed by atoms with Crippen molar-refractivity contribution >= 4 is 15.9 Å². The minimum absolute atomic E-state index is 0.135. The van der Waals surface area contributed by atoms with Crippen molar-refractivity contribution in [3.8, 4) is 0 Å². The number of benzene rings is 1. The van der Waals surface area contributed by atoms with E-state index in [9.17, 15) is 17.6 Å². The smallest absolute Gasteiger partial charge is 0.225 e. The van der Waals surface area contributed by atoms with Crippen LogP contribution in [0.15, 0.2) is 24.3 Å². The molecule has 1 heterocycles. The van der Waals surface area contributed by atoms with Crippen LogP contribution < -0.4 is 0 Å². The average Bonchev–Trinajstić information content (AvgIpc) is 3.35. The molecule has 1 saturated heterocycles. The van der Waals surface area contributed by atoms with Crippen molar-refractivity contribution in [2.75, 3.05) is 26.2 Å². The van der Waals surface area contributed by atoms with E-state index in [0.29, 0.717) is 38.2 Å². The van der Waals surface area contributed by atoms with Crippen LogP contribution in [-0.4, -0.2) is 49.7 Å². The second kappa shape index (κ2) is 6.57. The number of carbonyl (C=O) groups excluding carboxylic acids is 1. The molecule has 1 aliphatic heterocycles. The summed E-state index contributed by atoms with van der Waals surface area (Å²) in [7, 11) is -3.45. The van der Waals surface area contributed by atoms with Gasteiger partial charge in [-0.25, -0.2) is 12.8 Å². The summed E-state index contributed by atoms with van der Waals surface area (Å²) in [6.07, 6.45) is 2.57. The van der Waals surface area contributed by atoms with E-state index in [1.165, 1.54) is 28.6 Å². The topological polar surface area (TPSA) is 57.7 Å². The van der Waals surface area contributed by atoms with E-state index in [4.69, 9.17) is 0 Å². The summed E-state index contributed by atoms with van der Waals surface area (Å²) in [5.74, 6) is -0.181. The van der Waals surface area contributed by atoms with Crippen molar-refractivity contribution < 1.29 is 17.6 Å². The lowest BCUT2D eigenvalue weighted by atomic mass is 10.2. The van der Waals surface area contributed by atoms with Gasteiger partial charge >= 0.3 is 0 Å². The predicted octanol–water partition coefficient (Wildman–Crippen LogP) is 1.60. The normalized spacial score (nSPS) is 20.3. The lowest BCUT2D eigenvalue weighted by Crippen LogP contribution is -2.38. The van der Waals surface area contributed by atoms with E-state index in [1.54, 1.807) is 4.90 Å². The number of amides is 1. The zero-order valence-corrected chi connectivity index (χ0v) is 13.8. The van der Waals surface area contributed by atoms with Crippen molar-refractivity contribution in [1.29, 1.82) is 0 Å². The molecule has 1 aliphatic carbocycles. The highest BCUT2D eigenvalue weighted by atomic mass is 32.2. The second-order valence-electron chi connectivity index (χ2n) is 6.23. The average molecular weight is 340 g/mol. The first-order valence-corrected chi connectivity index (χ1v) is 9.58.